The topological polar surface area (TPSA) is 76.4 Å². The Labute approximate surface area is 257 Å². The third-order valence-electron chi connectivity index (χ3n) is 7.81. The van der Waals surface area contributed by atoms with Gasteiger partial charge < -0.3 is 19.4 Å². The highest BCUT2D eigenvalue weighted by Gasteiger charge is 2.45. The molecule has 0 amide bonds. The number of hydrogen-bond donors (Lipinski definition) is 2. The lowest BCUT2D eigenvalue weighted by Gasteiger charge is -2.43. The van der Waals surface area contributed by atoms with Crippen LogP contribution in [0.2, 0.25) is 26.7 Å². The van der Waals surface area contributed by atoms with Gasteiger partial charge in [0.25, 0.3) is 0 Å². The van der Waals surface area contributed by atoms with Gasteiger partial charge in [0.05, 0.1) is 24.4 Å². The summed E-state index contributed by atoms with van der Waals surface area (Å²) in [6.07, 6.45) is 0. The third-order valence-corrected chi connectivity index (χ3v) is 14.9. The van der Waals surface area contributed by atoms with Crippen molar-refractivity contribution in [2.75, 3.05) is 11.9 Å². The number of aryl methyl sites for hydroxylation is 1. The molecule has 0 radical (unpaired) electrons. The molecule has 1 unspecified atom stereocenters. The van der Waals surface area contributed by atoms with Gasteiger partial charge in [0, 0.05) is 15.7 Å². The van der Waals surface area contributed by atoms with Crippen LogP contribution in [0.1, 0.15) is 87.9 Å². The van der Waals surface area contributed by atoms with Crippen LogP contribution in [0.3, 0.4) is 0 Å². The van der Waals surface area contributed by atoms with Gasteiger partial charge in [0.2, 0.25) is 0 Å². The van der Waals surface area contributed by atoms with Crippen LogP contribution in [0.5, 0.6) is 0 Å². The lowest BCUT2D eigenvalue weighted by molar-refractivity contribution is 0.0689. The molecule has 2 atom stereocenters. The van der Waals surface area contributed by atoms with Gasteiger partial charge in [-0.1, -0.05) is 82.9 Å². The molecule has 3 rings (SSSR count). The first-order chi connectivity index (χ1) is 18.7. The largest absolute Gasteiger partial charge is 0.476 e. The van der Waals surface area contributed by atoms with E-state index in [4.69, 9.17) is 27.6 Å². The maximum Gasteiger partial charge on any atom is 0.356 e. The zero-order chi connectivity index (χ0) is 29.9. The summed E-state index contributed by atoms with van der Waals surface area (Å²) in [4.78, 5) is 17.0. The number of carboxylic acid groups (broad SMARTS) is 1. The molecule has 1 heterocycles. The molecule has 0 aliphatic carbocycles. The predicted octanol–water partition coefficient (Wildman–Crippen LogP) is 9.91. The molecule has 0 fully saturated rings. The van der Waals surface area contributed by atoms with E-state index < -0.39 is 20.3 Å². The minimum Gasteiger partial charge on any atom is -0.476 e. The molecule has 2 aromatic carbocycles. The maximum absolute atomic E-state index is 12.6. The molecule has 0 spiro atoms. The molecule has 6 nitrogen and oxygen atoms in total. The van der Waals surface area contributed by atoms with Crippen molar-refractivity contribution in [3.05, 3.63) is 79.8 Å². The van der Waals surface area contributed by atoms with Gasteiger partial charge in [0.1, 0.15) is 0 Å². The van der Waals surface area contributed by atoms with E-state index in [1.165, 1.54) is 0 Å². The number of carboxylic acids is 1. The number of carbonyl (C=O) groups is 1. The van der Waals surface area contributed by atoms with Gasteiger partial charge in [-0.2, -0.15) is 0 Å². The highest BCUT2D eigenvalue weighted by atomic mass is 79.9. The highest BCUT2D eigenvalue weighted by Crippen LogP contribution is 2.43. The number of aromatic nitrogens is 2. The molecule has 0 bridgehead atoms. The Bertz CT molecular complexity index is 1310. The Kier molecular flexibility index (Phi) is 11.0. The van der Waals surface area contributed by atoms with Crippen molar-refractivity contribution in [3.8, 4) is 0 Å². The van der Waals surface area contributed by atoms with Crippen molar-refractivity contribution < 1.29 is 14.3 Å². The molecule has 0 aliphatic rings. The second-order valence-electron chi connectivity index (χ2n) is 11.4. The van der Waals surface area contributed by atoms with Crippen LogP contribution in [0.15, 0.2) is 47.2 Å². The van der Waals surface area contributed by atoms with E-state index in [0.29, 0.717) is 43.7 Å². The summed E-state index contributed by atoms with van der Waals surface area (Å²) in [5.41, 5.74) is 4.36. The first-order valence-corrected chi connectivity index (χ1v) is 17.3. The standard InChI is InChI=1S/C30H40BrCl2N3O3Si/c1-17(2)40(18(3)4,19(5)6)39-16-21(8)36-28(27(29(37)38)35-30(36)31)26(22-10-13-23(32)14-11-22)34-25-15-24(33)12-9-20(25)7/h9-15,17-19,21,26,34H,16H2,1-8H3,(H,37,38)/t21-,26?/m1/s1. The third kappa shape index (κ3) is 6.79. The van der Waals surface area contributed by atoms with Crippen LogP contribution < -0.4 is 5.32 Å². The first-order valence-electron chi connectivity index (χ1n) is 13.6. The van der Waals surface area contributed by atoms with E-state index in [2.05, 4.69) is 67.8 Å². The van der Waals surface area contributed by atoms with Crippen LogP contribution in [-0.4, -0.2) is 35.6 Å². The fraction of sp³-hybridized carbons (Fsp3) is 0.467. The second kappa shape index (κ2) is 13.4. The molecule has 2 N–H and O–H groups in total. The lowest BCUT2D eigenvalue weighted by atomic mass is 10.00. The molecule has 3 aromatic rings. The summed E-state index contributed by atoms with van der Waals surface area (Å²) in [5.74, 6) is -1.11. The van der Waals surface area contributed by atoms with Crippen molar-refractivity contribution in [2.45, 2.75) is 84.1 Å². The zero-order valence-electron chi connectivity index (χ0n) is 24.4. The van der Waals surface area contributed by atoms with E-state index in [0.717, 1.165) is 16.8 Å². The molecule has 218 valence electrons. The fourth-order valence-corrected chi connectivity index (χ4v) is 12.5. The predicted molar refractivity (Wildman–Crippen MR) is 172 cm³/mol. The smallest absolute Gasteiger partial charge is 0.356 e. The minimum atomic E-state index is -2.16. The Morgan fingerprint density at radius 3 is 2.08 bits per heavy atom. The van der Waals surface area contributed by atoms with Crippen LogP contribution >= 0.6 is 39.1 Å². The number of nitrogens with one attached hydrogen (secondary N) is 1. The van der Waals surface area contributed by atoms with Crippen molar-refractivity contribution in [2.24, 2.45) is 0 Å². The van der Waals surface area contributed by atoms with Crippen molar-refractivity contribution >= 4 is 59.1 Å². The maximum atomic E-state index is 12.6. The number of aromatic carboxylic acids is 1. The highest BCUT2D eigenvalue weighted by molar-refractivity contribution is 9.10. The van der Waals surface area contributed by atoms with Gasteiger partial charge in [-0.3, -0.25) is 0 Å². The van der Waals surface area contributed by atoms with Crippen molar-refractivity contribution in [3.63, 3.8) is 0 Å². The van der Waals surface area contributed by atoms with E-state index >= 15 is 0 Å². The van der Waals surface area contributed by atoms with E-state index in [9.17, 15) is 9.90 Å². The SMILES string of the molecule is Cc1ccc(Cl)cc1NC(c1ccc(Cl)cc1)c1c(C(=O)O)nc(Br)n1[C@H](C)CO[Si](C(C)C)(C(C)C)C(C)C. The molecule has 0 saturated heterocycles. The summed E-state index contributed by atoms with van der Waals surface area (Å²) >= 11 is 16.2. The van der Waals surface area contributed by atoms with Gasteiger partial charge in [-0.15, -0.1) is 0 Å². The average Bonchev–Trinajstić information content (AvgIpc) is 3.22. The number of anilines is 1. The number of imidazole rings is 1. The zero-order valence-corrected chi connectivity index (χ0v) is 28.5. The Hall–Kier alpha value is -1.84. The van der Waals surface area contributed by atoms with Gasteiger partial charge in [0.15, 0.2) is 18.7 Å². The van der Waals surface area contributed by atoms with Gasteiger partial charge in [-0.05, 0) is 81.8 Å². The van der Waals surface area contributed by atoms with Gasteiger partial charge >= 0.3 is 5.97 Å². The Balaban J connectivity index is 2.18. The Morgan fingerprint density at radius 1 is 1.00 bits per heavy atom. The van der Waals surface area contributed by atoms with Crippen LogP contribution in [0, 0.1) is 6.92 Å². The van der Waals surface area contributed by atoms with Crippen LogP contribution in [0.25, 0.3) is 0 Å². The van der Waals surface area contributed by atoms with Crippen LogP contribution in [-0.2, 0) is 4.43 Å². The molecule has 1 aromatic heterocycles. The number of hydrogen-bond acceptors (Lipinski definition) is 4. The fourth-order valence-electron chi connectivity index (χ4n) is 5.98. The summed E-state index contributed by atoms with van der Waals surface area (Å²) in [5, 5.41) is 15.0. The number of benzene rings is 2. The summed E-state index contributed by atoms with van der Waals surface area (Å²) in [6, 6.07) is 12.2. The monoisotopic (exact) mass is 667 g/mol. The number of nitrogens with zero attached hydrogens (tertiary/aromatic N) is 2. The lowest BCUT2D eigenvalue weighted by Crippen LogP contribution is -2.48. The average molecular weight is 670 g/mol. The Morgan fingerprint density at radius 2 is 1.55 bits per heavy atom. The number of rotatable bonds is 12. The van der Waals surface area contributed by atoms with E-state index in [1.807, 2.05) is 48.7 Å². The molecule has 0 aliphatic heterocycles. The van der Waals surface area contributed by atoms with Crippen molar-refractivity contribution in [1.82, 2.24) is 9.55 Å². The van der Waals surface area contributed by atoms with Gasteiger partial charge in [-0.25, -0.2) is 9.78 Å². The molecule has 0 saturated carbocycles. The normalized spacial score (nSPS) is 13.8. The minimum absolute atomic E-state index is 0.0362. The first kappa shape index (κ1) is 32.7. The second-order valence-corrected chi connectivity index (χ2v) is 18.4. The van der Waals surface area contributed by atoms with Crippen LogP contribution in [0.4, 0.5) is 5.69 Å². The van der Waals surface area contributed by atoms with E-state index in [-0.39, 0.29) is 11.7 Å². The quantitative estimate of drug-likeness (QED) is 0.188. The molecule has 10 heteroatoms. The number of halogens is 3. The molecular formula is C30H40BrCl2N3O3Si. The van der Waals surface area contributed by atoms with E-state index in [1.54, 1.807) is 12.1 Å². The molecular weight excluding hydrogens is 629 g/mol. The summed E-state index contributed by atoms with van der Waals surface area (Å²) in [6.45, 7) is 18.0. The van der Waals surface area contributed by atoms with Crippen molar-refractivity contribution in [1.29, 1.82) is 0 Å². The summed E-state index contributed by atoms with van der Waals surface area (Å²) < 4.78 is 9.31. The molecule has 40 heavy (non-hydrogen) atoms. The summed E-state index contributed by atoms with van der Waals surface area (Å²) in [7, 11) is -2.16.